The molecule has 0 amide bonds. The molecule has 1 aliphatic rings. The number of hydrogen-bond acceptors (Lipinski definition) is 2. The predicted octanol–water partition coefficient (Wildman–Crippen LogP) is 3.44. The molecule has 0 saturated carbocycles. The molecule has 1 aromatic carbocycles. The maximum absolute atomic E-state index is 6.21. The quantitative estimate of drug-likeness (QED) is 0.840. The van der Waals surface area contributed by atoms with Gasteiger partial charge in [0.25, 0.3) is 0 Å². The van der Waals surface area contributed by atoms with Crippen molar-refractivity contribution < 1.29 is 0 Å². The second-order valence-corrected chi connectivity index (χ2v) is 5.54. The molecule has 1 atom stereocenters. The van der Waals surface area contributed by atoms with E-state index >= 15 is 0 Å². The van der Waals surface area contributed by atoms with Gasteiger partial charge in [0.05, 0.1) is 10.0 Å². The van der Waals surface area contributed by atoms with Gasteiger partial charge in [0.1, 0.15) is 0 Å². The molecule has 5 heteroatoms. The number of rotatable bonds is 2. The highest BCUT2D eigenvalue weighted by Crippen LogP contribution is 2.32. The van der Waals surface area contributed by atoms with Crippen molar-refractivity contribution in [1.29, 1.82) is 0 Å². The normalized spacial score (nSPS) is 21.8. The Bertz CT molecular complexity index is 409. The van der Waals surface area contributed by atoms with Gasteiger partial charge in [-0.15, -0.1) is 0 Å². The molecule has 94 valence electrons. The van der Waals surface area contributed by atoms with Gasteiger partial charge >= 0.3 is 0 Å². The zero-order chi connectivity index (χ0) is 12.4. The highest BCUT2D eigenvalue weighted by molar-refractivity contribution is 6.44. The second-order valence-electron chi connectivity index (χ2n) is 4.35. The summed E-state index contributed by atoms with van der Waals surface area (Å²) in [6.07, 6.45) is 0. The minimum Gasteiger partial charge on any atom is -0.314 e. The van der Waals surface area contributed by atoms with Gasteiger partial charge in [0, 0.05) is 42.8 Å². The molecule has 0 bridgehead atoms. The molecule has 0 unspecified atom stereocenters. The number of nitrogens with zero attached hydrogens (tertiary/aromatic N) is 1. The van der Waals surface area contributed by atoms with E-state index in [4.69, 9.17) is 34.8 Å². The summed E-state index contributed by atoms with van der Waals surface area (Å²) in [5, 5.41) is 5.18. The van der Waals surface area contributed by atoms with E-state index in [1.165, 1.54) is 0 Å². The van der Waals surface area contributed by atoms with E-state index < -0.39 is 0 Å². The Balaban J connectivity index is 2.20. The van der Waals surface area contributed by atoms with Crippen molar-refractivity contribution in [1.82, 2.24) is 10.2 Å². The van der Waals surface area contributed by atoms with Crippen LogP contribution in [0.3, 0.4) is 0 Å². The largest absolute Gasteiger partial charge is 0.314 e. The monoisotopic (exact) mass is 292 g/mol. The van der Waals surface area contributed by atoms with E-state index in [9.17, 15) is 0 Å². The van der Waals surface area contributed by atoms with Crippen molar-refractivity contribution in [2.45, 2.75) is 19.5 Å². The van der Waals surface area contributed by atoms with Gasteiger partial charge in [-0.1, -0.05) is 34.8 Å². The molecule has 0 aromatic heterocycles. The Hall–Kier alpha value is 0.01000. The van der Waals surface area contributed by atoms with Crippen LogP contribution in [0, 0.1) is 0 Å². The van der Waals surface area contributed by atoms with Crippen LogP contribution in [-0.2, 0) is 6.54 Å². The summed E-state index contributed by atoms with van der Waals surface area (Å²) in [4.78, 5) is 2.36. The molecule has 0 spiro atoms. The average molecular weight is 294 g/mol. The van der Waals surface area contributed by atoms with E-state index in [0.29, 0.717) is 21.1 Å². The standard InChI is InChI=1S/C12H15Cl3N2/c1-8-6-16-4-5-17(8)7-9-10(13)2-3-11(14)12(9)15/h2-3,8,16H,4-7H2,1H3/t8-/m1/s1. The molecule has 1 saturated heterocycles. The lowest BCUT2D eigenvalue weighted by Crippen LogP contribution is -2.49. The van der Waals surface area contributed by atoms with Crippen LogP contribution in [0.4, 0.5) is 0 Å². The summed E-state index contributed by atoms with van der Waals surface area (Å²) < 4.78 is 0. The first kappa shape index (κ1) is 13.4. The van der Waals surface area contributed by atoms with E-state index in [2.05, 4.69) is 17.1 Å². The fourth-order valence-electron chi connectivity index (χ4n) is 2.04. The molecular formula is C12H15Cl3N2. The van der Waals surface area contributed by atoms with Gasteiger partial charge in [-0.25, -0.2) is 0 Å². The third kappa shape index (κ3) is 3.07. The highest BCUT2D eigenvalue weighted by atomic mass is 35.5. The third-order valence-corrected chi connectivity index (χ3v) is 4.34. The molecule has 0 aliphatic carbocycles. The first-order chi connectivity index (χ1) is 8.09. The molecule has 17 heavy (non-hydrogen) atoms. The second kappa shape index (κ2) is 5.77. The summed E-state index contributed by atoms with van der Waals surface area (Å²) in [5.41, 5.74) is 0.926. The zero-order valence-electron chi connectivity index (χ0n) is 9.64. The topological polar surface area (TPSA) is 15.3 Å². The lowest BCUT2D eigenvalue weighted by Gasteiger charge is -2.34. The highest BCUT2D eigenvalue weighted by Gasteiger charge is 2.20. The maximum atomic E-state index is 6.21. The predicted molar refractivity (Wildman–Crippen MR) is 74.2 cm³/mol. The van der Waals surface area contributed by atoms with Crippen LogP contribution in [0.2, 0.25) is 15.1 Å². The summed E-state index contributed by atoms with van der Waals surface area (Å²) in [6, 6.07) is 4.02. The Labute approximate surface area is 117 Å². The van der Waals surface area contributed by atoms with Crippen LogP contribution in [0.1, 0.15) is 12.5 Å². The number of piperazine rings is 1. The van der Waals surface area contributed by atoms with Crippen molar-refractivity contribution in [3.63, 3.8) is 0 Å². The van der Waals surface area contributed by atoms with E-state index in [1.807, 2.05) is 0 Å². The smallest absolute Gasteiger partial charge is 0.0652 e. The first-order valence-electron chi connectivity index (χ1n) is 5.66. The van der Waals surface area contributed by atoms with Crippen LogP contribution in [0.5, 0.6) is 0 Å². The van der Waals surface area contributed by atoms with Crippen molar-refractivity contribution >= 4 is 34.8 Å². The third-order valence-electron chi connectivity index (χ3n) is 3.14. The van der Waals surface area contributed by atoms with Gasteiger partial charge in [-0.3, -0.25) is 4.90 Å². The van der Waals surface area contributed by atoms with Gasteiger partial charge in [0.15, 0.2) is 0 Å². The van der Waals surface area contributed by atoms with Gasteiger partial charge < -0.3 is 5.32 Å². The number of halogens is 3. The van der Waals surface area contributed by atoms with Crippen LogP contribution >= 0.6 is 34.8 Å². The number of hydrogen-bond donors (Lipinski definition) is 1. The molecule has 0 radical (unpaired) electrons. The molecule has 1 aromatic rings. The Morgan fingerprint density at radius 2 is 2.00 bits per heavy atom. The minimum atomic E-state index is 0.481. The van der Waals surface area contributed by atoms with Crippen LogP contribution in [0.25, 0.3) is 0 Å². The fraction of sp³-hybridized carbons (Fsp3) is 0.500. The van der Waals surface area contributed by atoms with Gasteiger partial charge in [-0.2, -0.15) is 0 Å². The summed E-state index contributed by atoms with van der Waals surface area (Å²) >= 11 is 18.4. The fourth-order valence-corrected chi connectivity index (χ4v) is 2.70. The summed E-state index contributed by atoms with van der Waals surface area (Å²) in [6.45, 7) is 5.94. The van der Waals surface area contributed by atoms with E-state index in [0.717, 1.165) is 31.7 Å². The molecule has 2 nitrogen and oxygen atoms in total. The van der Waals surface area contributed by atoms with Gasteiger partial charge in [-0.05, 0) is 19.1 Å². The molecular weight excluding hydrogens is 279 g/mol. The van der Waals surface area contributed by atoms with E-state index in [-0.39, 0.29) is 0 Å². The van der Waals surface area contributed by atoms with Crippen molar-refractivity contribution in [3.05, 3.63) is 32.8 Å². The van der Waals surface area contributed by atoms with Crippen LogP contribution in [0.15, 0.2) is 12.1 Å². The Kier molecular flexibility index (Phi) is 4.56. The average Bonchev–Trinajstić information content (AvgIpc) is 2.32. The van der Waals surface area contributed by atoms with Crippen molar-refractivity contribution in [2.75, 3.05) is 19.6 Å². The summed E-state index contributed by atoms with van der Waals surface area (Å²) in [7, 11) is 0. The first-order valence-corrected chi connectivity index (χ1v) is 6.80. The Morgan fingerprint density at radius 1 is 1.29 bits per heavy atom. The van der Waals surface area contributed by atoms with Gasteiger partial charge in [0.2, 0.25) is 0 Å². The van der Waals surface area contributed by atoms with Crippen molar-refractivity contribution in [2.24, 2.45) is 0 Å². The minimum absolute atomic E-state index is 0.481. The number of nitrogens with one attached hydrogen (secondary N) is 1. The Morgan fingerprint density at radius 3 is 2.71 bits per heavy atom. The molecule has 2 rings (SSSR count). The molecule has 1 aliphatic heterocycles. The molecule has 1 fully saturated rings. The lowest BCUT2D eigenvalue weighted by molar-refractivity contribution is 0.166. The zero-order valence-corrected chi connectivity index (χ0v) is 11.9. The molecule has 1 N–H and O–H groups in total. The number of benzene rings is 1. The van der Waals surface area contributed by atoms with Crippen molar-refractivity contribution in [3.8, 4) is 0 Å². The molecule has 1 heterocycles. The van der Waals surface area contributed by atoms with E-state index in [1.54, 1.807) is 12.1 Å². The van der Waals surface area contributed by atoms with Crippen LogP contribution < -0.4 is 5.32 Å². The SMILES string of the molecule is C[C@@H]1CNCCN1Cc1c(Cl)ccc(Cl)c1Cl. The van der Waals surface area contributed by atoms with Crippen LogP contribution in [-0.4, -0.2) is 30.6 Å². The summed E-state index contributed by atoms with van der Waals surface area (Å²) in [5.74, 6) is 0. The lowest BCUT2D eigenvalue weighted by atomic mass is 10.1. The maximum Gasteiger partial charge on any atom is 0.0652 e.